The van der Waals surface area contributed by atoms with Crippen molar-refractivity contribution in [1.29, 1.82) is 0 Å². The first kappa shape index (κ1) is 16.2. The SMILES string of the molecule is NC(=O)CC[C@H](NC(=O)NCCOCC1CC1)C(=O)O. The molecule has 20 heavy (non-hydrogen) atoms. The van der Waals surface area contributed by atoms with Crippen LogP contribution in [0.3, 0.4) is 0 Å². The number of nitrogens with two attached hydrogens (primary N) is 1. The Bertz CT molecular complexity index is 357. The molecule has 8 nitrogen and oxygen atoms in total. The van der Waals surface area contributed by atoms with Gasteiger partial charge in [0.25, 0.3) is 0 Å². The number of carbonyl (C=O) groups excluding carboxylic acids is 2. The second-order valence-corrected chi connectivity index (χ2v) is 4.81. The molecule has 8 heteroatoms. The normalized spacial score (nSPS) is 15.4. The molecule has 114 valence electrons. The summed E-state index contributed by atoms with van der Waals surface area (Å²) in [6.45, 7) is 1.41. The molecule has 1 saturated carbocycles. The van der Waals surface area contributed by atoms with Crippen LogP contribution in [0.4, 0.5) is 4.79 Å². The fraction of sp³-hybridized carbons (Fsp3) is 0.750. The monoisotopic (exact) mass is 287 g/mol. The Morgan fingerprint density at radius 1 is 1.35 bits per heavy atom. The molecule has 0 saturated heterocycles. The van der Waals surface area contributed by atoms with Crippen molar-refractivity contribution in [3.05, 3.63) is 0 Å². The van der Waals surface area contributed by atoms with Crippen molar-refractivity contribution in [3.8, 4) is 0 Å². The number of urea groups is 1. The molecule has 0 unspecified atom stereocenters. The van der Waals surface area contributed by atoms with Gasteiger partial charge in [0.05, 0.1) is 6.61 Å². The average molecular weight is 287 g/mol. The summed E-state index contributed by atoms with van der Waals surface area (Å²) in [4.78, 5) is 32.9. The molecule has 0 aromatic carbocycles. The third kappa shape index (κ3) is 7.57. The number of aliphatic carboxylic acids is 1. The number of hydrogen-bond donors (Lipinski definition) is 4. The van der Waals surface area contributed by atoms with Gasteiger partial charge in [-0.15, -0.1) is 0 Å². The van der Waals surface area contributed by atoms with E-state index in [1.165, 1.54) is 12.8 Å². The zero-order chi connectivity index (χ0) is 15.0. The van der Waals surface area contributed by atoms with Crippen molar-refractivity contribution in [2.24, 2.45) is 11.7 Å². The molecule has 5 N–H and O–H groups in total. The Morgan fingerprint density at radius 2 is 2.05 bits per heavy atom. The molecule has 1 fully saturated rings. The van der Waals surface area contributed by atoms with Gasteiger partial charge in [-0.1, -0.05) is 0 Å². The van der Waals surface area contributed by atoms with Crippen molar-refractivity contribution in [1.82, 2.24) is 10.6 Å². The highest BCUT2D eigenvalue weighted by atomic mass is 16.5. The molecule has 0 aromatic heterocycles. The van der Waals surface area contributed by atoms with E-state index >= 15 is 0 Å². The number of carbonyl (C=O) groups is 3. The smallest absolute Gasteiger partial charge is 0.326 e. The molecular weight excluding hydrogens is 266 g/mol. The summed E-state index contributed by atoms with van der Waals surface area (Å²) in [7, 11) is 0. The van der Waals surface area contributed by atoms with Crippen LogP contribution in [0.15, 0.2) is 0 Å². The van der Waals surface area contributed by atoms with E-state index in [9.17, 15) is 14.4 Å². The largest absolute Gasteiger partial charge is 0.480 e. The van der Waals surface area contributed by atoms with E-state index in [1.54, 1.807) is 0 Å². The molecular formula is C12H21N3O5. The highest BCUT2D eigenvalue weighted by Gasteiger charge is 2.21. The lowest BCUT2D eigenvalue weighted by molar-refractivity contribution is -0.139. The van der Waals surface area contributed by atoms with Crippen molar-refractivity contribution >= 4 is 17.9 Å². The maximum atomic E-state index is 11.5. The Hall–Kier alpha value is -1.83. The number of hydrogen-bond acceptors (Lipinski definition) is 4. The quantitative estimate of drug-likeness (QED) is 0.400. The molecule has 1 aliphatic carbocycles. The maximum absolute atomic E-state index is 11.5. The van der Waals surface area contributed by atoms with Crippen LogP contribution in [-0.2, 0) is 14.3 Å². The fourth-order valence-electron chi connectivity index (χ4n) is 1.52. The van der Waals surface area contributed by atoms with E-state index in [4.69, 9.17) is 15.6 Å². The summed E-state index contributed by atoms with van der Waals surface area (Å²) >= 11 is 0. The Labute approximate surface area is 117 Å². The average Bonchev–Trinajstić information content (AvgIpc) is 3.17. The Kier molecular flexibility index (Phi) is 6.78. The molecule has 0 aromatic rings. The van der Waals surface area contributed by atoms with Gasteiger partial charge in [0, 0.05) is 19.6 Å². The molecule has 3 amide bonds. The topological polar surface area (TPSA) is 131 Å². The molecule has 1 aliphatic rings. The van der Waals surface area contributed by atoms with Gasteiger partial charge >= 0.3 is 12.0 Å². The number of carboxylic acids is 1. The minimum absolute atomic E-state index is 0.0315. The van der Waals surface area contributed by atoms with Crippen LogP contribution in [0.5, 0.6) is 0 Å². The first-order valence-electron chi connectivity index (χ1n) is 6.62. The van der Waals surface area contributed by atoms with Crippen LogP contribution in [-0.4, -0.2) is 48.8 Å². The zero-order valence-corrected chi connectivity index (χ0v) is 11.3. The number of primary amides is 1. The third-order valence-corrected chi connectivity index (χ3v) is 2.87. The highest BCUT2D eigenvalue weighted by Crippen LogP contribution is 2.28. The van der Waals surface area contributed by atoms with Crippen LogP contribution >= 0.6 is 0 Å². The molecule has 0 aliphatic heterocycles. The van der Waals surface area contributed by atoms with Gasteiger partial charge in [0.2, 0.25) is 5.91 Å². The van der Waals surface area contributed by atoms with Crippen LogP contribution in [0, 0.1) is 5.92 Å². The van der Waals surface area contributed by atoms with Crippen LogP contribution in [0.1, 0.15) is 25.7 Å². The summed E-state index contributed by atoms with van der Waals surface area (Å²) in [6, 6.07) is -1.73. The standard InChI is InChI=1S/C12H21N3O5/c13-10(16)4-3-9(11(17)18)15-12(19)14-5-6-20-7-8-1-2-8/h8-9H,1-7H2,(H2,13,16)(H,17,18)(H2,14,15,19)/t9-/m0/s1. The van der Waals surface area contributed by atoms with E-state index in [0.29, 0.717) is 25.7 Å². The summed E-state index contributed by atoms with van der Waals surface area (Å²) in [6.07, 6.45) is 2.28. The van der Waals surface area contributed by atoms with Gasteiger partial charge in [-0.05, 0) is 25.2 Å². The Balaban J connectivity index is 2.12. The molecule has 1 rings (SSSR count). The van der Waals surface area contributed by atoms with E-state index in [0.717, 1.165) is 0 Å². The highest BCUT2D eigenvalue weighted by molar-refractivity contribution is 5.83. The molecule has 1 atom stereocenters. The van der Waals surface area contributed by atoms with Gasteiger partial charge in [0.15, 0.2) is 0 Å². The molecule has 0 spiro atoms. The van der Waals surface area contributed by atoms with E-state index < -0.39 is 23.9 Å². The van der Waals surface area contributed by atoms with Crippen molar-refractivity contribution in [2.45, 2.75) is 31.7 Å². The van der Waals surface area contributed by atoms with Gasteiger partial charge < -0.3 is 26.2 Å². The lowest BCUT2D eigenvalue weighted by Crippen LogP contribution is -2.47. The van der Waals surface area contributed by atoms with E-state index in [-0.39, 0.29) is 12.8 Å². The molecule has 0 bridgehead atoms. The fourth-order valence-corrected chi connectivity index (χ4v) is 1.52. The Morgan fingerprint density at radius 3 is 2.60 bits per heavy atom. The lowest BCUT2D eigenvalue weighted by Gasteiger charge is -2.14. The molecule has 0 heterocycles. The van der Waals surface area contributed by atoms with Crippen molar-refractivity contribution in [2.75, 3.05) is 19.8 Å². The summed E-state index contributed by atoms with van der Waals surface area (Å²) in [5, 5.41) is 13.7. The number of rotatable bonds is 10. The van der Waals surface area contributed by atoms with Gasteiger partial charge in [-0.2, -0.15) is 0 Å². The number of nitrogens with one attached hydrogen (secondary N) is 2. The maximum Gasteiger partial charge on any atom is 0.326 e. The predicted octanol–water partition coefficient (Wildman–Crippen LogP) is -0.569. The number of amides is 3. The van der Waals surface area contributed by atoms with Crippen LogP contribution < -0.4 is 16.4 Å². The first-order chi connectivity index (χ1) is 9.49. The first-order valence-corrected chi connectivity index (χ1v) is 6.62. The minimum atomic E-state index is -1.20. The predicted molar refractivity (Wildman–Crippen MR) is 69.9 cm³/mol. The van der Waals surface area contributed by atoms with Crippen molar-refractivity contribution in [3.63, 3.8) is 0 Å². The van der Waals surface area contributed by atoms with Gasteiger partial charge in [-0.3, -0.25) is 4.79 Å². The zero-order valence-electron chi connectivity index (χ0n) is 11.3. The van der Waals surface area contributed by atoms with Crippen LogP contribution in [0.25, 0.3) is 0 Å². The summed E-state index contributed by atoms with van der Waals surface area (Å²) in [5.74, 6) is -1.15. The minimum Gasteiger partial charge on any atom is -0.480 e. The van der Waals surface area contributed by atoms with Gasteiger partial charge in [-0.25, -0.2) is 9.59 Å². The summed E-state index contributed by atoms with van der Waals surface area (Å²) in [5.41, 5.74) is 4.94. The van der Waals surface area contributed by atoms with Crippen LogP contribution in [0.2, 0.25) is 0 Å². The van der Waals surface area contributed by atoms with Crippen molar-refractivity contribution < 1.29 is 24.2 Å². The van der Waals surface area contributed by atoms with E-state index in [2.05, 4.69) is 10.6 Å². The second-order valence-electron chi connectivity index (χ2n) is 4.81. The third-order valence-electron chi connectivity index (χ3n) is 2.87. The van der Waals surface area contributed by atoms with Gasteiger partial charge in [0.1, 0.15) is 6.04 Å². The second kappa shape index (κ2) is 8.36. The number of carboxylic acid groups (broad SMARTS) is 1. The summed E-state index contributed by atoms with van der Waals surface area (Å²) < 4.78 is 5.32. The number of ether oxygens (including phenoxy) is 1. The lowest BCUT2D eigenvalue weighted by atomic mass is 10.1. The molecule has 0 radical (unpaired) electrons. The van der Waals surface area contributed by atoms with E-state index in [1.807, 2.05) is 0 Å².